The zero-order chi connectivity index (χ0) is 13.0. The molecule has 6 heteroatoms. The third-order valence-electron chi connectivity index (χ3n) is 3.02. The molecule has 0 radical (unpaired) electrons. The molecule has 1 atom stereocenters. The van der Waals surface area contributed by atoms with Crippen LogP contribution in [0.3, 0.4) is 0 Å². The van der Waals surface area contributed by atoms with Crippen molar-refractivity contribution < 1.29 is 0 Å². The molecule has 2 heterocycles. The number of hydrogen-bond acceptors (Lipinski definition) is 4. The average Bonchev–Trinajstić information content (AvgIpc) is 2.75. The van der Waals surface area contributed by atoms with Crippen LogP contribution < -0.4 is 5.32 Å². The van der Waals surface area contributed by atoms with E-state index in [4.69, 9.17) is 0 Å². The Labute approximate surface area is 112 Å². The van der Waals surface area contributed by atoms with Gasteiger partial charge in [0.25, 0.3) is 0 Å². The predicted octanol–water partition coefficient (Wildman–Crippen LogP) is 1.46. The maximum absolute atomic E-state index is 4.60. The SMILES string of the molecule is CC(C)C1CCSC(=NCCc2ncn(C)n2)N1. The summed E-state index contributed by atoms with van der Waals surface area (Å²) in [5.74, 6) is 2.69. The molecule has 0 aliphatic carbocycles. The second kappa shape index (κ2) is 6.22. The highest BCUT2D eigenvalue weighted by Crippen LogP contribution is 2.18. The molecule has 1 aliphatic rings. The number of aliphatic imine (C=N–C) groups is 1. The number of amidine groups is 1. The van der Waals surface area contributed by atoms with Crippen LogP contribution in [0.5, 0.6) is 0 Å². The van der Waals surface area contributed by atoms with Crippen molar-refractivity contribution in [1.82, 2.24) is 20.1 Å². The topological polar surface area (TPSA) is 55.1 Å². The van der Waals surface area contributed by atoms with Crippen molar-refractivity contribution in [3.8, 4) is 0 Å². The quantitative estimate of drug-likeness (QED) is 0.897. The van der Waals surface area contributed by atoms with E-state index in [-0.39, 0.29) is 0 Å². The summed E-state index contributed by atoms with van der Waals surface area (Å²) in [5.41, 5.74) is 0. The molecule has 2 rings (SSSR count). The molecule has 1 N–H and O–H groups in total. The Kier molecular flexibility index (Phi) is 4.63. The fourth-order valence-electron chi connectivity index (χ4n) is 1.90. The number of nitrogens with zero attached hydrogens (tertiary/aromatic N) is 4. The molecular weight excluding hydrogens is 246 g/mol. The first-order valence-electron chi connectivity index (χ1n) is 6.43. The fourth-order valence-corrected chi connectivity index (χ4v) is 2.88. The third-order valence-corrected chi connectivity index (χ3v) is 3.98. The van der Waals surface area contributed by atoms with Crippen molar-refractivity contribution in [2.24, 2.45) is 18.0 Å². The lowest BCUT2D eigenvalue weighted by molar-refractivity contribution is 0.442. The van der Waals surface area contributed by atoms with E-state index in [1.54, 1.807) is 11.0 Å². The summed E-state index contributed by atoms with van der Waals surface area (Å²) in [4.78, 5) is 8.80. The predicted molar refractivity (Wildman–Crippen MR) is 75.8 cm³/mol. The molecule has 5 nitrogen and oxygen atoms in total. The first-order chi connectivity index (χ1) is 8.65. The van der Waals surface area contributed by atoms with Gasteiger partial charge in [-0.2, -0.15) is 5.10 Å². The van der Waals surface area contributed by atoms with Gasteiger partial charge in [-0.3, -0.25) is 9.67 Å². The first-order valence-corrected chi connectivity index (χ1v) is 7.42. The van der Waals surface area contributed by atoms with Crippen LogP contribution >= 0.6 is 11.8 Å². The van der Waals surface area contributed by atoms with Crippen LogP contribution in [0.25, 0.3) is 0 Å². The van der Waals surface area contributed by atoms with Crippen LogP contribution in [-0.2, 0) is 13.5 Å². The van der Waals surface area contributed by atoms with E-state index in [1.165, 1.54) is 6.42 Å². The zero-order valence-corrected chi connectivity index (χ0v) is 12.1. The number of thioether (sulfide) groups is 1. The Bertz CT molecular complexity index is 412. The minimum absolute atomic E-state index is 0.568. The standard InChI is InChI=1S/C12H21N5S/c1-9(2)10-5-7-18-12(15-10)13-6-4-11-14-8-17(3)16-11/h8-10H,4-7H2,1-3H3,(H,13,15). The molecule has 1 saturated heterocycles. The van der Waals surface area contributed by atoms with Crippen molar-refractivity contribution in [1.29, 1.82) is 0 Å². The van der Waals surface area contributed by atoms with Crippen molar-refractivity contribution in [3.05, 3.63) is 12.2 Å². The molecule has 1 unspecified atom stereocenters. The van der Waals surface area contributed by atoms with E-state index >= 15 is 0 Å². The van der Waals surface area contributed by atoms with Crippen LogP contribution in [0, 0.1) is 5.92 Å². The van der Waals surface area contributed by atoms with Crippen molar-refractivity contribution in [2.45, 2.75) is 32.7 Å². The van der Waals surface area contributed by atoms with Gasteiger partial charge in [0.05, 0.1) is 0 Å². The number of hydrogen-bond donors (Lipinski definition) is 1. The number of aryl methyl sites for hydroxylation is 1. The van der Waals surface area contributed by atoms with Gasteiger partial charge < -0.3 is 5.32 Å². The number of nitrogens with one attached hydrogen (secondary N) is 1. The van der Waals surface area contributed by atoms with Crippen LogP contribution in [0.2, 0.25) is 0 Å². The minimum Gasteiger partial charge on any atom is -0.362 e. The average molecular weight is 267 g/mol. The monoisotopic (exact) mass is 267 g/mol. The summed E-state index contributed by atoms with van der Waals surface area (Å²) in [5, 5.41) is 8.84. The van der Waals surface area contributed by atoms with E-state index in [9.17, 15) is 0 Å². The molecule has 1 fully saturated rings. The normalized spacial score (nSPS) is 22.4. The van der Waals surface area contributed by atoms with Gasteiger partial charge in [-0.05, 0) is 12.3 Å². The van der Waals surface area contributed by atoms with Gasteiger partial charge >= 0.3 is 0 Å². The highest BCUT2D eigenvalue weighted by atomic mass is 32.2. The summed E-state index contributed by atoms with van der Waals surface area (Å²) >= 11 is 1.82. The summed E-state index contributed by atoms with van der Waals surface area (Å²) in [6.07, 6.45) is 3.76. The lowest BCUT2D eigenvalue weighted by atomic mass is 10.0. The van der Waals surface area contributed by atoms with Gasteiger partial charge in [0, 0.05) is 31.8 Å². The van der Waals surface area contributed by atoms with E-state index in [0.29, 0.717) is 12.0 Å². The molecule has 0 saturated carbocycles. The summed E-state index contributed by atoms with van der Waals surface area (Å²) in [6, 6.07) is 0.568. The Morgan fingerprint density at radius 3 is 3.11 bits per heavy atom. The van der Waals surface area contributed by atoms with Gasteiger partial charge in [-0.25, -0.2) is 4.98 Å². The molecule has 0 spiro atoms. The number of rotatable bonds is 4. The van der Waals surface area contributed by atoms with Crippen LogP contribution in [0.4, 0.5) is 0 Å². The highest BCUT2D eigenvalue weighted by Gasteiger charge is 2.19. The molecule has 0 amide bonds. The van der Waals surface area contributed by atoms with Crippen molar-refractivity contribution in [3.63, 3.8) is 0 Å². The van der Waals surface area contributed by atoms with Gasteiger partial charge in [0.15, 0.2) is 11.0 Å². The molecule has 0 aromatic carbocycles. The molecule has 18 heavy (non-hydrogen) atoms. The zero-order valence-electron chi connectivity index (χ0n) is 11.3. The second-order valence-electron chi connectivity index (χ2n) is 4.90. The number of aromatic nitrogens is 3. The fraction of sp³-hybridized carbons (Fsp3) is 0.750. The first kappa shape index (κ1) is 13.4. The molecule has 0 bridgehead atoms. The summed E-state index contributed by atoms with van der Waals surface area (Å²) in [6.45, 7) is 5.26. The van der Waals surface area contributed by atoms with Gasteiger partial charge in [0.1, 0.15) is 6.33 Å². The Hall–Kier alpha value is -1.04. The van der Waals surface area contributed by atoms with E-state index in [1.807, 2.05) is 18.8 Å². The van der Waals surface area contributed by atoms with Crippen LogP contribution in [0.1, 0.15) is 26.1 Å². The third kappa shape index (κ3) is 3.73. The highest BCUT2D eigenvalue weighted by molar-refractivity contribution is 8.13. The second-order valence-corrected chi connectivity index (χ2v) is 5.99. The Morgan fingerprint density at radius 2 is 2.44 bits per heavy atom. The molecule has 1 aromatic heterocycles. The largest absolute Gasteiger partial charge is 0.362 e. The smallest absolute Gasteiger partial charge is 0.156 e. The van der Waals surface area contributed by atoms with E-state index in [2.05, 4.69) is 34.2 Å². The van der Waals surface area contributed by atoms with Gasteiger partial charge in [0.2, 0.25) is 0 Å². The van der Waals surface area contributed by atoms with E-state index in [0.717, 1.165) is 29.7 Å². The van der Waals surface area contributed by atoms with Gasteiger partial charge in [-0.1, -0.05) is 25.6 Å². The van der Waals surface area contributed by atoms with Crippen molar-refractivity contribution >= 4 is 16.9 Å². The van der Waals surface area contributed by atoms with Crippen LogP contribution in [0.15, 0.2) is 11.3 Å². The Balaban J connectivity index is 1.82. The summed E-state index contributed by atoms with van der Waals surface area (Å²) in [7, 11) is 1.88. The van der Waals surface area contributed by atoms with E-state index < -0.39 is 0 Å². The lowest BCUT2D eigenvalue weighted by Crippen LogP contribution is -2.41. The maximum atomic E-state index is 4.60. The molecule has 1 aliphatic heterocycles. The maximum Gasteiger partial charge on any atom is 0.156 e. The lowest BCUT2D eigenvalue weighted by Gasteiger charge is -2.28. The minimum atomic E-state index is 0.568. The Morgan fingerprint density at radius 1 is 1.61 bits per heavy atom. The molecule has 1 aromatic rings. The molecular formula is C12H21N5S. The van der Waals surface area contributed by atoms with Crippen LogP contribution in [-0.4, -0.2) is 38.3 Å². The van der Waals surface area contributed by atoms with Gasteiger partial charge in [-0.15, -0.1) is 0 Å². The van der Waals surface area contributed by atoms with Crippen molar-refractivity contribution in [2.75, 3.05) is 12.3 Å². The molecule has 100 valence electrons. The summed E-state index contributed by atoms with van der Waals surface area (Å²) < 4.78 is 1.73.